The first-order valence-corrected chi connectivity index (χ1v) is 9.85. The van der Waals surface area contributed by atoms with Gasteiger partial charge in [-0.05, 0) is 24.3 Å². The molecule has 0 bridgehead atoms. The number of anilines is 2. The highest BCUT2D eigenvalue weighted by Crippen LogP contribution is 2.36. The lowest BCUT2D eigenvalue weighted by Gasteiger charge is -2.39. The highest BCUT2D eigenvalue weighted by Gasteiger charge is 2.29. The van der Waals surface area contributed by atoms with Crippen LogP contribution in [0.15, 0.2) is 66.0 Å². The SMILES string of the molecule is COCCN1c2cc(-c3cnc4[nH]ccc4c3)cnc2NCC1n1ccccc1=O. The van der Waals surface area contributed by atoms with Crippen molar-refractivity contribution in [2.24, 2.45) is 0 Å². The van der Waals surface area contributed by atoms with Crippen molar-refractivity contribution in [1.29, 1.82) is 0 Å². The fourth-order valence-corrected chi connectivity index (χ4v) is 3.92. The predicted molar refractivity (Wildman–Crippen MR) is 117 cm³/mol. The smallest absolute Gasteiger partial charge is 0.252 e. The van der Waals surface area contributed by atoms with E-state index in [4.69, 9.17) is 4.74 Å². The summed E-state index contributed by atoms with van der Waals surface area (Å²) in [7, 11) is 1.68. The van der Waals surface area contributed by atoms with Crippen molar-refractivity contribution in [2.75, 3.05) is 37.0 Å². The molecule has 5 heterocycles. The van der Waals surface area contributed by atoms with Crippen molar-refractivity contribution in [3.05, 3.63) is 71.5 Å². The molecule has 2 N–H and O–H groups in total. The van der Waals surface area contributed by atoms with Crippen LogP contribution in [0.2, 0.25) is 0 Å². The first-order chi connectivity index (χ1) is 14.7. The zero-order chi connectivity index (χ0) is 20.5. The van der Waals surface area contributed by atoms with E-state index in [2.05, 4.69) is 37.3 Å². The van der Waals surface area contributed by atoms with Crippen LogP contribution in [0.3, 0.4) is 0 Å². The van der Waals surface area contributed by atoms with Crippen LogP contribution < -0.4 is 15.8 Å². The molecule has 0 spiro atoms. The zero-order valence-corrected chi connectivity index (χ0v) is 16.6. The Kier molecular flexibility index (Phi) is 4.68. The lowest BCUT2D eigenvalue weighted by molar-refractivity contribution is 0.200. The van der Waals surface area contributed by atoms with Crippen LogP contribution in [-0.4, -0.2) is 46.3 Å². The number of pyridine rings is 3. The van der Waals surface area contributed by atoms with Gasteiger partial charge in [-0.2, -0.15) is 0 Å². The van der Waals surface area contributed by atoms with Gasteiger partial charge >= 0.3 is 0 Å². The Morgan fingerprint density at radius 2 is 2.03 bits per heavy atom. The number of aromatic amines is 1. The number of nitrogens with zero attached hydrogens (tertiary/aromatic N) is 4. The summed E-state index contributed by atoms with van der Waals surface area (Å²) in [5, 5.41) is 4.42. The molecule has 8 nitrogen and oxygen atoms in total. The van der Waals surface area contributed by atoms with E-state index in [1.54, 1.807) is 23.8 Å². The molecule has 0 saturated heterocycles. The average molecular weight is 402 g/mol. The van der Waals surface area contributed by atoms with Crippen LogP contribution in [0.5, 0.6) is 0 Å². The van der Waals surface area contributed by atoms with Gasteiger partial charge in [0.2, 0.25) is 0 Å². The normalized spacial score (nSPS) is 15.8. The summed E-state index contributed by atoms with van der Waals surface area (Å²) in [5.41, 5.74) is 3.71. The van der Waals surface area contributed by atoms with E-state index in [0.29, 0.717) is 19.7 Å². The average Bonchev–Trinajstić information content (AvgIpc) is 3.25. The summed E-state index contributed by atoms with van der Waals surface area (Å²) in [6.45, 7) is 1.75. The molecule has 4 aromatic heterocycles. The Bertz CT molecular complexity index is 1250. The van der Waals surface area contributed by atoms with Crippen molar-refractivity contribution >= 4 is 22.5 Å². The fourth-order valence-electron chi connectivity index (χ4n) is 3.92. The van der Waals surface area contributed by atoms with Crippen LogP contribution >= 0.6 is 0 Å². The summed E-state index contributed by atoms with van der Waals surface area (Å²) in [6, 6.07) is 11.4. The molecule has 1 unspecified atom stereocenters. The van der Waals surface area contributed by atoms with Crippen LogP contribution in [0.4, 0.5) is 11.5 Å². The van der Waals surface area contributed by atoms with Crippen molar-refractivity contribution < 1.29 is 4.74 Å². The molecule has 0 radical (unpaired) electrons. The second kappa shape index (κ2) is 7.64. The Morgan fingerprint density at radius 3 is 2.90 bits per heavy atom. The number of H-pyrrole nitrogens is 1. The van der Waals surface area contributed by atoms with Gasteiger partial charge in [0.15, 0.2) is 0 Å². The Morgan fingerprint density at radius 1 is 1.17 bits per heavy atom. The summed E-state index contributed by atoms with van der Waals surface area (Å²) < 4.78 is 7.09. The molecule has 4 aromatic rings. The fraction of sp³-hybridized carbons (Fsp3) is 0.227. The molecule has 0 amide bonds. The molecule has 5 rings (SSSR count). The van der Waals surface area contributed by atoms with Crippen LogP contribution in [0, 0.1) is 0 Å². The van der Waals surface area contributed by atoms with Gasteiger partial charge in [-0.1, -0.05) is 6.07 Å². The van der Waals surface area contributed by atoms with Crippen LogP contribution in [-0.2, 0) is 4.74 Å². The summed E-state index contributed by atoms with van der Waals surface area (Å²) in [5.74, 6) is 0.797. The molecule has 8 heteroatoms. The largest absolute Gasteiger partial charge is 0.383 e. The molecule has 1 aliphatic rings. The first-order valence-electron chi connectivity index (χ1n) is 9.85. The van der Waals surface area contributed by atoms with Crippen LogP contribution in [0.1, 0.15) is 6.17 Å². The van der Waals surface area contributed by atoms with Crippen molar-refractivity contribution in [3.8, 4) is 11.1 Å². The molecule has 152 valence electrons. The Hall–Kier alpha value is -3.65. The zero-order valence-electron chi connectivity index (χ0n) is 16.6. The molecular weight excluding hydrogens is 380 g/mol. The molecule has 0 aliphatic carbocycles. The van der Waals surface area contributed by atoms with Gasteiger partial charge in [0.05, 0.1) is 18.8 Å². The maximum absolute atomic E-state index is 12.5. The number of aromatic nitrogens is 4. The second-order valence-electron chi connectivity index (χ2n) is 7.23. The Labute approximate surface area is 173 Å². The quantitative estimate of drug-likeness (QED) is 0.534. The highest BCUT2D eigenvalue weighted by atomic mass is 16.5. The van der Waals surface area contributed by atoms with Crippen molar-refractivity contribution in [1.82, 2.24) is 19.5 Å². The third-order valence-electron chi connectivity index (χ3n) is 5.43. The molecule has 1 aliphatic heterocycles. The van der Waals surface area contributed by atoms with Gasteiger partial charge in [-0.25, -0.2) is 9.97 Å². The number of hydrogen-bond acceptors (Lipinski definition) is 6. The molecule has 30 heavy (non-hydrogen) atoms. The number of fused-ring (bicyclic) bond motifs is 2. The van der Waals surface area contributed by atoms with Crippen molar-refractivity contribution in [3.63, 3.8) is 0 Å². The van der Waals surface area contributed by atoms with Gasteiger partial charge in [0, 0.05) is 61.0 Å². The predicted octanol–water partition coefficient (Wildman–Crippen LogP) is 2.86. The topological polar surface area (TPSA) is 88.1 Å². The number of rotatable bonds is 5. The third-order valence-corrected chi connectivity index (χ3v) is 5.43. The Balaban J connectivity index is 1.58. The summed E-state index contributed by atoms with van der Waals surface area (Å²) >= 11 is 0. The second-order valence-corrected chi connectivity index (χ2v) is 7.23. The minimum Gasteiger partial charge on any atom is -0.383 e. The van der Waals surface area contributed by atoms with E-state index in [-0.39, 0.29) is 11.7 Å². The monoisotopic (exact) mass is 402 g/mol. The molecular formula is C22H22N6O2. The van der Waals surface area contributed by atoms with E-state index in [9.17, 15) is 4.79 Å². The van der Waals surface area contributed by atoms with Gasteiger partial charge in [-0.3, -0.25) is 9.36 Å². The lowest BCUT2D eigenvalue weighted by atomic mass is 10.1. The first kappa shape index (κ1) is 18.4. The molecule has 0 aromatic carbocycles. The lowest BCUT2D eigenvalue weighted by Crippen LogP contribution is -2.46. The highest BCUT2D eigenvalue weighted by molar-refractivity contribution is 5.83. The third kappa shape index (κ3) is 3.21. The molecule has 0 fully saturated rings. The standard InChI is InChI=1S/C22H22N6O2/c1-30-9-8-27-18-11-17(16-10-15-5-6-23-21(15)24-12-16)13-25-22(18)26-14-19(27)28-7-3-2-4-20(28)29/h2-7,10-13,19H,8-9,14H2,1H3,(H,23,24)(H,25,26). The van der Waals surface area contributed by atoms with Gasteiger partial charge in [0.25, 0.3) is 5.56 Å². The van der Waals surface area contributed by atoms with Gasteiger partial charge < -0.3 is 19.9 Å². The molecule has 0 saturated carbocycles. The summed E-state index contributed by atoms with van der Waals surface area (Å²) in [4.78, 5) is 26.9. The van der Waals surface area contributed by atoms with E-state index in [0.717, 1.165) is 33.7 Å². The molecule has 1 atom stereocenters. The maximum atomic E-state index is 12.5. The number of ether oxygens (including phenoxy) is 1. The van der Waals surface area contributed by atoms with Crippen LogP contribution in [0.25, 0.3) is 22.2 Å². The number of methoxy groups -OCH3 is 1. The van der Waals surface area contributed by atoms with E-state index >= 15 is 0 Å². The van der Waals surface area contributed by atoms with E-state index in [1.165, 1.54) is 0 Å². The minimum atomic E-state index is -0.177. The number of nitrogens with one attached hydrogen (secondary N) is 2. The minimum absolute atomic E-state index is 0.0404. The summed E-state index contributed by atoms with van der Waals surface area (Å²) in [6.07, 6.45) is 7.22. The van der Waals surface area contributed by atoms with Gasteiger partial charge in [0.1, 0.15) is 17.6 Å². The van der Waals surface area contributed by atoms with E-state index < -0.39 is 0 Å². The van der Waals surface area contributed by atoms with Gasteiger partial charge in [-0.15, -0.1) is 0 Å². The maximum Gasteiger partial charge on any atom is 0.252 e. The van der Waals surface area contributed by atoms with E-state index in [1.807, 2.05) is 36.9 Å². The number of hydrogen-bond donors (Lipinski definition) is 2. The van der Waals surface area contributed by atoms with Crippen molar-refractivity contribution in [2.45, 2.75) is 6.17 Å².